The van der Waals surface area contributed by atoms with Crippen LogP contribution in [0.15, 0.2) is 85.5 Å². The summed E-state index contributed by atoms with van der Waals surface area (Å²) in [6.07, 6.45) is 5.01. The van der Waals surface area contributed by atoms with Crippen molar-refractivity contribution in [2.75, 3.05) is 19.6 Å². The number of imidazole rings is 1. The lowest BCUT2D eigenvalue weighted by Gasteiger charge is -2.27. The molecule has 24 nitrogen and oxygen atoms in total. The number of guanidine groups is 1. The molecule has 6 amide bonds. The number of carbonyl (C=O) groups excluding carboxylic acids is 6. The predicted molar refractivity (Wildman–Crippen MR) is 274 cm³/mol. The lowest BCUT2D eigenvalue weighted by atomic mass is 9.99. The van der Waals surface area contributed by atoms with Crippen molar-refractivity contribution in [3.63, 3.8) is 0 Å². The lowest BCUT2D eigenvalue weighted by molar-refractivity contribution is -0.142. The number of rotatable bonds is 31. The molecular formula is C50H66N14O10. The Morgan fingerprint density at radius 3 is 1.97 bits per heavy atom. The summed E-state index contributed by atoms with van der Waals surface area (Å²) in [4.78, 5) is 117. The molecule has 0 bridgehead atoms. The number of aromatic amines is 2. The van der Waals surface area contributed by atoms with Crippen LogP contribution in [0.1, 0.15) is 68.2 Å². The summed E-state index contributed by atoms with van der Waals surface area (Å²) in [5.41, 5.74) is 19.3. The van der Waals surface area contributed by atoms with Gasteiger partial charge < -0.3 is 74.6 Å². The Balaban J connectivity index is 1.40. The molecule has 5 rings (SSSR count). The smallest absolute Gasteiger partial charge is 0.326 e. The van der Waals surface area contributed by atoms with E-state index >= 15 is 0 Å². The van der Waals surface area contributed by atoms with Gasteiger partial charge in [0.1, 0.15) is 30.2 Å². The molecular weight excluding hydrogens is 957 g/mol. The molecule has 0 aliphatic carbocycles. The highest BCUT2D eigenvalue weighted by atomic mass is 16.4. The van der Waals surface area contributed by atoms with Gasteiger partial charge in [-0.3, -0.25) is 39.0 Å². The largest absolute Gasteiger partial charge is 0.481 e. The summed E-state index contributed by atoms with van der Waals surface area (Å²) in [7, 11) is 0. The van der Waals surface area contributed by atoms with Crippen molar-refractivity contribution in [2.45, 2.75) is 107 Å². The van der Waals surface area contributed by atoms with Gasteiger partial charge in [-0.25, -0.2) is 9.78 Å². The lowest BCUT2D eigenvalue weighted by Crippen LogP contribution is -2.60. The van der Waals surface area contributed by atoms with Gasteiger partial charge in [-0.15, -0.1) is 0 Å². The van der Waals surface area contributed by atoms with Gasteiger partial charge in [-0.05, 0) is 73.0 Å². The summed E-state index contributed by atoms with van der Waals surface area (Å²) in [5.74, 6) is -7.37. The summed E-state index contributed by atoms with van der Waals surface area (Å²) >= 11 is 0. The first-order valence-electron chi connectivity index (χ1n) is 24.3. The number of benzene rings is 3. The molecule has 74 heavy (non-hydrogen) atoms. The van der Waals surface area contributed by atoms with Crippen LogP contribution < -0.4 is 54.4 Å². The third-order valence-corrected chi connectivity index (χ3v) is 12.0. The van der Waals surface area contributed by atoms with Crippen molar-refractivity contribution < 1.29 is 48.6 Å². The van der Waals surface area contributed by atoms with Crippen LogP contribution in [-0.4, -0.2) is 134 Å². The van der Waals surface area contributed by atoms with Gasteiger partial charge in [-0.2, -0.15) is 0 Å². The average molecular weight is 1020 g/mol. The number of amides is 6. The molecule has 6 atom stereocenters. The highest BCUT2D eigenvalue weighted by molar-refractivity contribution is 5.97. The molecule has 18 N–H and O–H groups in total. The number of nitrogens with one attached hydrogen (secondary N) is 10. The van der Waals surface area contributed by atoms with Crippen LogP contribution in [0.5, 0.6) is 0 Å². The van der Waals surface area contributed by atoms with Crippen LogP contribution >= 0.6 is 0 Å². The van der Waals surface area contributed by atoms with Crippen LogP contribution in [0.2, 0.25) is 0 Å². The number of hydrogen-bond donors (Lipinski definition) is 15. The van der Waals surface area contributed by atoms with Gasteiger partial charge in [0.25, 0.3) is 0 Å². The molecule has 0 aliphatic heterocycles. The molecule has 396 valence electrons. The fourth-order valence-electron chi connectivity index (χ4n) is 8.14. The third-order valence-electron chi connectivity index (χ3n) is 12.0. The Morgan fingerprint density at radius 1 is 0.649 bits per heavy atom. The number of fused-ring (bicyclic) bond motifs is 2. The Hall–Kier alpha value is -8.38. The van der Waals surface area contributed by atoms with Crippen LogP contribution in [0.3, 0.4) is 0 Å². The van der Waals surface area contributed by atoms with Gasteiger partial charge in [0.2, 0.25) is 35.4 Å². The van der Waals surface area contributed by atoms with E-state index in [1.165, 1.54) is 12.5 Å². The fourth-order valence-corrected chi connectivity index (χ4v) is 8.14. The molecule has 5 aromatic rings. The molecule has 0 saturated carbocycles. The number of aromatic nitrogens is 3. The number of hydrogen-bond acceptors (Lipinski definition) is 12. The maximum atomic E-state index is 14.7. The van der Waals surface area contributed by atoms with Crippen LogP contribution in [0.25, 0.3) is 21.7 Å². The number of unbranched alkanes of at least 4 members (excludes halogenated alkanes) is 1. The minimum Gasteiger partial charge on any atom is -0.481 e. The monoisotopic (exact) mass is 1020 g/mol. The topological polar surface area (TPSA) is 408 Å². The van der Waals surface area contributed by atoms with E-state index in [-0.39, 0.29) is 70.4 Å². The second-order valence-corrected chi connectivity index (χ2v) is 17.8. The molecule has 0 spiro atoms. The standard InChI is InChI=1S/C50H66N14O10/c51-18-6-5-13-38(49(73)74)60-42(65)15-8-19-56-45(69)40(23-32-26-58-36-12-4-3-11-34(32)36)64-46(70)37(14-7-20-57-50(53)54)61-47(71)39(22-29-16-17-30-9-1-2-10-31(30)21-29)63-48(72)41(24-33-27-55-28-59-33)62-44(68)35(52)25-43(66)67/h1-4,9-12,16-17,21,26-28,35,37-41,58H,5-8,13-15,18-20,22-25,51-52H2,(H,55,59)(H,56,69)(H,60,65)(H,61,71)(H,62,68)(H,63,72)(H,64,70)(H,66,67)(H,73,74)(H4,53,54,57)/t35-,37-,38-,39+,40-,41-/m0/s1. The maximum Gasteiger partial charge on any atom is 0.326 e. The van der Waals surface area contributed by atoms with Gasteiger partial charge in [0, 0.05) is 62.1 Å². The predicted octanol–water partition coefficient (Wildman–Crippen LogP) is -0.329. The number of carbonyl (C=O) groups is 8. The van der Waals surface area contributed by atoms with Crippen LogP contribution in [0.4, 0.5) is 0 Å². The van der Waals surface area contributed by atoms with E-state index < -0.39 is 90.1 Å². The first kappa shape index (κ1) is 56.5. The maximum absolute atomic E-state index is 14.7. The number of carboxylic acids is 2. The number of nitrogens with zero attached hydrogens (tertiary/aromatic N) is 1. The zero-order chi connectivity index (χ0) is 53.6. The van der Waals surface area contributed by atoms with E-state index in [9.17, 15) is 48.6 Å². The molecule has 24 heteroatoms. The van der Waals surface area contributed by atoms with Gasteiger partial charge >= 0.3 is 11.9 Å². The molecule has 2 heterocycles. The summed E-state index contributed by atoms with van der Waals surface area (Å²) in [6, 6.07) is 12.3. The fraction of sp³-hybridized carbons (Fsp3) is 0.400. The summed E-state index contributed by atoms with van der Waals surface area (Å²) < 4.78 is 0. The first-order chi connectivity index (χ1) is 35.5. The molecule has 0 radical (unpaired) electrons. The van der Waals surface area contributed by atoms with Crippen LogP contribution in [0, 0.1) is 5.41 Å². The Morgan fingerprint density at radius 2 is 1.28 bits per heavy atom. The second-order valence-electron chi connectivity index (χ2n) is 17.8. The Kier molecular flexibility index (Phi) is 21.9. The van der Waals surface area contributed by atoms with Crippen molar-refractivity contribution in [3.05, 3.63) is 102 Å². The normalized spacial score (nSPS) is 13.5. The van der Waals surface area contributed by atoms with Crippen molar-refractivity contribution in [3.8, 4) is 0 Å². The first-order valence-corrected chi connectivity index (χ1v) is 24.3. The molecule has 3 aromatic carbocycles. The van der Waals surface area contributed by atoms with E-state index in [4.69, 9.17) is 22.6 Å². The SMILES string of the molecule is N=C(N)NCCC[C@H](NC(=O)[C@@H](Cc1ccc2ccccc2c1)NC(=O)[C@H](Cc1c[nH]cn1)NC(=O)[C@@H](N)CC(=O)O)C(=O)N[C@@H](Cc1c[nH]c2ccccc12)C(=O)NCCCC(=O)N[C@@H](CCCCN)C(=O)O. The molecule has 0 aliphatic rings. The Labute approximate surface area is 426 Å². The zero-order valence-corrected chi connectivity index (χ0v) is 40.8. The Bertz CT molecular complexity index is 2730. The summed E-state index contributed by atoms with van der Waals surface area (Å²) in [6.45, 7) is 0.494. The molecule has 0 unspecified atom stereocenters. The van der Waals surface area contributed by atoms with E-state index in [1.54, 1.807) is 12.3 Å². The molecule has 2 aromatic heterocycles. The quantitative estimate of drug-likeness (QED) is 0.0154. The minimum atomic E-state index is -1.51. The van der Waals surface area contributed by atoms with E-state index in [0.717, 1.165) is 21.7 Å². The number of carboxylic acid groups (broad SMARTS) is 2. The number of H-pyrrole nitrogens is 2. The number of nitrogens with two attached hydrogens (primary N) is 3. The molecule has 0 saturated heterocycles. The second kappa shape index (κ2) is 28.6. The highest BCUT2D eigenvalue weighted by Crippen LogP contribution is 2.20. The van der Waals surface area contributed by atoms with Gasteiger partial charge in [0.05, 0.1) is 24.5 Å². The number of para-hydroxylation sites is 1. The van der Waals surface area contributed by atoms with E-state index in [1.807, 2.05) is 60.7 Å². The highest BCUT2D eigenvalue weighted by Gasteiger charge is 2.33. The van der Waals surface area contributed by atoms with Crippen molar-refractivity contribution in [1.82, 2.24) is 52.2 Å². The van der Waals surface area contributed by atoms with Gasteiger partial charge in [-0.1, -0.05) is 60.7 Å². The van der Waals surface area contributed by atoms with Crippen molar-refractivity contribution >= 4 is 75.0 Å². The van der Waals surface area contributed by atoms with E-state index in [0.29, 0.717) is 36.2 Å². The third kappa shape index (κ3) is 18.0. The number of aliphatic carboxylic acids is 2. The molecule has 0 fully saturated rings. The zero-order valence-electron chi connectivity index (χ0n) is 40.8. The summed E-state index contributed by atoms with van der Waals surface area (Å²) in [5, 5.41) is 47.8. The van der Waals surface area contributed by atoms with Crippen LogP contribution in [-0.2, 0) is 57.6 Å². The van der Waals surface area contributed by atoms with Gasteiger partial charge in [0.15, 0.2) is 5.96 Å². The minimum absolute atomic E-state index is 0.0163. The van der Waals surface area contributed by atoms with Crippen molar-refractivity contribution in [2.24, 2.45) is 17.2 Å². The van der Waals surface area contributed by atoms with Crippen molar-refractivity contribution in [1.29, 1.82) is 5.41 Å². The van der Waals surface area contributed by atoms with E-state index in [2.05, 4.69) is 52.2 Å². The average Bonchev–Trinajstić information content (AvgIpc) is 4.04.